The van der Waals surface area contributed by atoms with Crippen LogP contribution in [0.2, 0.25) is 0 Å². The standard InChI is InChI=1S/C5H12O2.C4H7NO/c1-4-5(2,3)7-6;6-4-1-2-5-3-4/h6H,4H2,1-3H3;5H,1-3H2. The van der Waals surface area contributed by atoms with Gasteiger partial charge < -0.3 is 5.32 Å². The molecule has 13 heavy (non-hydrogen) atoms. The van der Waals surface area contributed by atoms with E-state index in [0.29, 0.717) is 12.3 Å². The summed E-state index contributed by atoms with van der Waals surface area (Å²) in [5.74, 6) is 0.343. The summed E-state index contributed by atoms with van der Waals surface area (Å²) in [6.45, 7) is 7.09. The molecule has 0 bridgehead atoms. The molecule has 0 amide bonds. The van der Waals surface area contributed by atoms with Crippen molar-refractivity contribution in [1.82, 2.24) is 5.32 Å². The lowest BCUT2D eigenvalue weighted by atomic mass is 10.1. The molecule has 0 saturated carbocycles. The van der Waals surface area contributed by atoms with Crippen LogP contribution in [0.1, 0.15) is 33.6 Å². The summed E-state index contributed by atoms with van der Waals surface area (Å²) in [5.41, 5.74) is -0.361. The molecular formula is C9H19NO3. The SMILES string of the molecule is CCC(C)(C)OO.O=C1CCNC1. The Bertz CT molecular complexity index is 143. The van der Waals surface area contributed by atoms with Gasteiger partial charge in [-0.2, -0.15) is 0 Å². The van der Waals surface area contributed by atoms with Gasteiger partial charge in [-0.05, 0) is 20.3 Å². The lowest BCUT2D eigenvalue weighted by molar-refractivity contribution is -0.313. The summed E-state index contributed by atoms with van der Waals surface area (Å²) < 4.78 is 0. The number of rotatable bonds is 2. The van der Waals surface area contributed by atoms with E-state index in [-0.39, 0.29) is 5.60 Å². The molecule has 0 aromatic rings. The number of Topliss-reactive ketones (excluding diaryl/α,β-unsaturated/α-hetero) is 1. The van der Waals surface area contributed by atoms with Crippen LogP contribution in [0.15, 0.2) is 0 Å². The normalized spacial score (nSPS) is 16.8. The lowest BCUT2D eigenvalue weighted by Gasteiger charge is -2.16. The summed E-state index contributed by atoms with van der Waals surface area (Å²) in [7, 11) is 0. The zero-order valence-corrected chi connectivity index (χ0v) is 8.59. The van der Waals surface area contributed by atoms with Gasteiger partial charge in [-0.1, -0.05) is 6.92 Å². The Kier molecular flexibility index (Phi) is 5.86. The molecular weight excluding hydrogens is 170 g/mol. The maximum atomic E-state index is 10.2. The van der Waals surface area contributed by atoms with Gasteiger partial charge in [0, 0.05) is 13.0 Å². The second-order valence-electron chi connectivity index (χ2n) is 3.67. The number of carbonyl (C=O) groups excluding carboxylic acids is 1. The highest BCUT2D eigenvalue weighted by Crippen LogP contribution is 2.10. The summed E-state index contributed by atoms with van der Waals surface area (Å²) in [6.07, 6.45) is 1.56. The van der Waals surface area contributed by atoms with Crippen molar-refractivity contribution in [3.63, 3.8) is 0 Å². The molecule has 4 nitrogen and oxygen atoms in total. The average Bonchev–Trinajstić information content (AvgIpc) is 2.57. The molecule has 4 heteroatoms. The van der Waals surface area contributed by atoms with Crippen molar-refractivity contribution >= 4 is 5.78 Å². The molecule has 1 aliphatic heterocycles. The summed E-state index contributed by atoms with van der Waals surface area (Å²) in [4.78, 5) is 14.3. The Hall–Kier alpha value is -0.450. The number of hydrogen-bond donors (Lipinski definition) is 2. The molecule has 0 atom stereocenters. The van der Waals surface area contributed by atoms with Crippen LogP contribution in [0.4, 0.5) is 0 Å². The fourth-order valence-electron chi connectivity index (χ4n) is 0.609. The molecule has 1 rings (SSSR count). The van der Waals surface area contributed by atoms with Crippen molar-refractivity contribution in [2.24, 2.45) is 0 Å². The highest BCUT2D eigenvalue weighted by Gasteiger charge is 2.13. The molecule has 1 fully saturated rings. The van der Waals surface area contributed by atoms with Crippen LogP contribution in [-0.2, 0) is 9.68 Å². The van der Waals surface area contributed by atoms with Crippen LogP contribution < -0.4 is 5.32 Å². The maximum absolute atomic E-state index is 10.2. The van der Waals surface area contributed by atoms with Gasteiger partial charge >= 0.3 is 0 Å². The van der Waals surface area contributed by atoms with Crippen molar-refractivity contribution in [3.8, 4) is 0 Å². The molecule has 0 unspecified atom stereocenters. The molecule has 0 aromatic carbocycles. The van der Waals surface area contributed by atoms with E-state index in [1.165, 1.54) is 0 Å². The van der Waals surface area contributed by atoms with Crippen LogP contribution in [0.25, 0.3) is 0 Å². The van der Waals surface area contributed by atoms with Crippen molar-refractivity contribution in [3.05, 3.63) is 0 Å². The number of ketones is 1. The van der Waals surface area contributed by atoms with Crippen molar-refractivity contribution in [1.29, 1.82) is 0 Å². The molecule has 1 heterocycles. The number of nitrogens with one attached hydrogen (secondary N) is 1. The largest absolute Gasteiger partial charge is 0.310 e. The zero-order chi connectivity index (χ0) is 10.3. The van der Waals surface area contributed by atoms with E-state index in [0.717, 1.165) is 19.4 Å². The molecule has 0 aliphatic carbocycles. The number of carbonyl (C=O) groups is 1. The predicted octanol–water partition coefficient (Wildman–Crippen LogP) is 1.21. The van der Waals surface area contributed by atoms with E-state index in [4.69, 9.17) is 5.26 Å². The fourth-order valence-corrected chi connectivity index (χ4v) is 0.609. The smallest absolute Gasteiger partial charge is 0.147 e. The topological polar surface area (TPSA) is 58.6 Å². The fraction of sp³-hybridized carbons (Fsp3) is 0.889. The molecule has 0 radical (unpaired) electrons. The highest BCUT2D eigenvalue weighted by atomic mass is 17.1. The third-order valence-electron chi connectivity index (χ3n) is 2.00. The van der Waals surface area contributed by atoms with E-state index in [2.05, 4.69) is 10.2 Å². The van der Waals surface area contributed by atoms with Gasteiger partial charge in [-0.25, -0.2) is 4.89 Å². The third kappa shape index (κ3) is 6.69. The highest BCUT2D eigenvalue weighted by molar-refractivity contribution is 5.82. The van der Waals surface area contributed by atoms with Gasteiger partial charge in [-0.15, -0.1) is 0 Å². The van der Waals surface area contributed by atoms with Gasteiger partial charge in [0.25, 0.3) is 0 Å². The summed E-state index contributed by atoms with van der Waals surface area (Å²) in [5, 5.41) is 11.0. The predicted molar refractivity (Wildman–Crippen MR) is 50.6 cm³/mol. The van der Waals surface area contributed by atoms with Crippen LogP contribution in [0.5, 0.6) is 0 Å². The Morgan fingerprint density at radius 3 is 2.31 bits per heavy atom. The van der Waals surface area contributed by atoms with Gasteiger partial charge in [0.1, 0.15) is 5.78 Å². The first-order chi connectivity index (χ1) is 6.02. The second kappa shape index (κ2) is 6.07. The molecule has 1 aliphatic rings. The third-order valence-corrected chi connectivity index (χ3v) is 2.00. The summed E-state index contributed by atoms with van der Waals surface area (Å²) in [6, 6.07) is 0. The van der Waals surface area contributed by atoms with Crippen molar-refractivity contribution < 1.29 is 14.9 Å². The van der Waals surface area contributed by atoms with Crippen LogP contribution in [0.3, 0.4) is 0 Å². The van der Waals surface area contributed by atoms with Crippen LogP contribution in [0, 0.1) is 0 Å². The van der Waals surface area contributed by atoms with E-state index >= 15 is 0 Å². The van der Waals surface area contributed by atoms with Crippen molar-refractivity contribution in [2.75, 3.05) is 13.1 Å². The Morgan fingerprint density at radius 1 is 1.62 bits per heavy atom. The van der Waals surface area contributed by atoms with Crippen LogP contribution in [-0.4, -0.2) is 29.7 Å². The minimum Gasteiger partial charge on any atom is -0.310 e. The maximum Gasteiger partial charge on any atom is 0.147 e. The summed E-state index contributed by atoms with van der Waals surface area (Å²) >= 11 is 0. The van der Waals surface area contributed by atoms with Gasteiger partial charge in [-0.3, -0.25) is 10.1 Å². The average molecular weight is 189 g/mol. The molecule has 0 aromatic heterocycles. The van der Waals surface area contributed by atoms with E-state index in [1.807, 2.05) is 20.8 Å². The van der Waals surface area contributed by atoms with Gasteiger partial charge in [0.2, 0.25) is 0 Å². The quantitative estimate of drug-likeness (QED) is 0.506. The Balaban J connectivity index is 0.000000223. The van der Waals surface area contributed by atoms with E-state index in [1.54, 1.807) is 0 Å². The zero-order valence-electron chi connectivity index (χ0n) is 8.59. The minimum absolute atomic E-state index is 0.343. The van der Waals surface area contributed by atoms with E-state index < -0.39 is 0 Å². The van der Waals surface area contributed by atoms with Gasteiger partial charge in [0.15, 0.2) is 0 Å². The number of hydrogen-bond acceptors (Lipinski definition) is 4. The van der Waals surface area contributed by atoms with E-state index in [9.17, 15) is 4.79 Å². The lowest BCUT2D eigenvalue weighted by Crippen LogP contribution is -2.20. The first kappa shape index (κ1) is 12.6. The first-order valence-electron chi connectivity index (χ1n) is 4.57. The molecule has 1 saturated heterocycles. The Morgan fingerprint density at radius 2 is 2.23 bits per heavy atom. The Labute approximate surface area is 79.2 Å². The minimum atomic E-state index is -0.361. The van der Waals surface area contributed by atoms with Crippen LogP contribution >= 0.6 is 0 Å². The first-order valence-corrected chi connectivity index (χ1v) is 4.57. The monoisotopic (exact) mass is 189 g/mol. The van der Waals surface area contributed by atoms with Gasteiger partial charge in [0.05, 0.1) is 12.1 Å². The second-order valence-corrected chi connectivity index (χ2v) is 3.67. The molecule has 0 spiro atoms. The van der Waals surface area contributed by atoms with Crippen molar-refractivity contribution in [2.45, 2.75) is 39.2 Å². The molecule has 78 valence electrons. The molecule has 2 N–H and O–H groups in total.